The third-order valence-corrected chi connectivity index (χ3v) is 5.70. The quantitative estimate of drug-likeness (QED) is 0.679. The van der Waals surface area contributed by atoms with Gasteiger partial charge in [0, 0.05) is 31.1 Å². The van der Waals surface area contributed by atoms with Gasteiger partial charge in [-0.15, -0.1) is 11.3 Å². The van der Waals surface area contributed by atoms with Crippen LogP contribution in [0.5, 0.6) is 0 Å². The molecule has 1 fully saturated rings. The minimum atomic E-state index is -0.197. The number of rotatable bonds is 7. The van der Waals surface area contributed by atoms with Crippen molar-refractivity contribution in [3.05, 3.63) is 28.1 Å². The zero-order valence-corrected chi connectivity index (χ0v) is 16.6. The van der Waals surface area contributed by atoms with Crippen LogP contribution in [0.4, 0.5) is 0 Å². The summed E-state index contributed by atoms with van der Waals surface area (Å²) in [4.78, 5) is 32.8. The molecule has 6 nitrogen and oxygen atoms in total. The molecule has 2 aliphatic rings. The molecule has 1 aromatic heterocycles. The summed E-state index contributed by atoms with van der Waals surface area (Å²) in [6, 6.07) is 3.84. The summed E-state index contributed by atoms with van der Waals surface area (Å²) in [5, 5.41) is 1.94. The maximum absolute atomic E-state index is 13.1. The highest BCUT2D eigenvalue weighted by Crippen LogP contribution is 2.34. The maximum Gasteiger partial charge on any atom is 0.277 e. The number of hydrogen-bond acceptors (Lipinski definition) is 6. The molecule has 0 spiro atoms. The summed E-state index contributed by atoms with van der Waals surface area (Å²) in [7, 11) is 0. The Kier molecular flexibility index (Phi) is 6.11. The lowest BCUT2D eigenvalue weighted by Crippen LogP contribution is -2.47. The highest BCUT2D eigenvalue weighted by atomic mass is 32.1. The molecule has 0 N–H and O–H groups in total. The normalized spacial score (nSPS) is 19.4. The lowest BCUT2D eigenvalue weighted by atomic mass is 10.1. The number of thiophene rings is 1. The molecule has 0 bridgehead atoms. The molecule has 0 unspecified atom stereocenters. The monoisotopic (exact) mass is 377 g/mol. The Morgan fingerprint density at radius 3 is 2.46 bits per heavy atom. The van der Waals surface area contributed by atoms with Gasteiger partial charge in [-0.1, -0.05) is 13.0 Å². The molecule has 0 atom stereocenters. The Hall–Kier alpha value is -1.70. The van der Waals surface area contributed by atoms with Crippen LogP contribution in [0.15, 0.2) is 23.2 Å². The molecule has 3 heterocycles. The van der Waals surface area contributed by atoms with Gasteiger partial charge in [-0.25, -0.2) is 0 Å². The van der Waals surface area contributed by atoms with Crippen LogP contribution in [0.1, 0.15) is 25.6 Å². The molecule has 7 heteroatoms. The molecular formula is C19H27N3O3S. The smallest absolute Gasteiger partial charge is 0.277 e. The van der Waals surface area contributed by atoms with Gasteiger partial charge in [0.2, 0.25) is 0 Å². The molecule has 2 aliphatic heterocycles. The third-order valence-electron chi connectivity index (χ3n) is 4.81. The molecule has 3 rings (SSSR count). The number of carbonyl (C=O) groups is 2. The fourth-order valence-electron chi connectivity index (χ4n) is 3.37. The van der Waals surface area contributed by atoms with E-state index in [0.717, 1.165) is 37.6 Å². The fourth-order valence-corrected chi connectivity index (χ4v) is 4.13. The Bertz CT molecular complexity index is 676. The number of amides is 2. The van der Waals surface area contributed by atoms with Gasteiger partial charge in [-0.2, -0.15) is 0 Å². The van der Waals surface area contributed by atoms with E-state index in [9.17, 15) is 9.59 Å². The molecule has 26 heavy (non-hydrogen) atoms. The van der Waals surface area contributed by atoms with Crippen LogP contribution < -0.4 is 0 Å². The van der Waals surface area contributed by atoms with Gasteiger partial charge in [0.15, 0.2) is 0 Å². The first-order valence-electron chi connectivity index (χ1n) is 9.26. The van der Waals surface area contributed by atoms with Crippen LogP contribution in [-0.2, 0) is 14.3 Å². The first-order chi connectivity index (χ1) is 12.5. The van der Waals surface area contributed by atoms with Crippen molar-refractivity contribution in [3.8, 4) is 0 Å². The van der Waals surface area contributed by atoms with E-state index >= 15 is 0 Å². The Morgan fingerprint density at radius 2 is 1.88 bits per heavy atom. The molecule has 0 radical (unpaired) electrons. The zero-order valence-electron chi connectivity index (χ0n) is 15.7. The number of likely N-dealkylation sites (N-methyl/N-ethyl adjacent to an activating group) is 1. The molecule has 142 valence electrons. The van der Waals surface area contributed by atoms with Crippen molar-refractivity contribution in [2.75, 3.05) is 45.9 Å². The molecular weight excluding hydrogens is 350 g/mol. The summed E-state index contributed by atoms with van der Waals surface area (Å²) in [6.07, 6.45) is 0.0779. The molecule has 2 amide bonds. The van der Waals surface area contributed by atoms with E-state index < -0.39 is 0 Å². The average Bonchev–Trinajstić information content (AvgIpc) is 3.23. The number of imide groups is 1. The van der Waals surface area contributed by atoms with Crippen LogP contribution in [0, 0.1) is 0 Å². The minimum Gasteiger partial charge on any atom is -0.377 e. The lowest BCUT2D eigenvalue weighted by molar-refractivity contribution is -0.138. The number of piperazine rings is 1. The molecule has 0 saturated carbocycles. The number of ether oxygens (including phenoxy) is 1. The second-order valence-corrected chi connectivity index (χ2v) is 7.75. The second kappa shape index (κ2) is 8.33. The molecule has 0 aromatic carbocycles. The van der Waals surface area contributed by atoms with E-state index in [1.54, 1.807) is 0 Å². The predicted octanol–water partition coefficient (Wildman–Crippen LogP) is 1.89. The SMILES string of the molecule is CCN1CCN(C2=C(c3cccs3)C(=O)N(CCOC(C)C)C2=O)CC1. The van der Waals surface area contributed by atoms with Gasteiger partial charge in [0.05, 0.1) is 24.8 Å². The van der Waals surface area contributed by atoms with Crippen molar-refractivity contribution in [2.45, 2.75) is 26.9 Å². The zero-order chi connectivity index (χ0) is 18.7. The van der Waals surface area contributed by atoms with Gasteiger partial charge in [-0.3, -0.25) is 14.5 Å². The van der Waals surface area contributed by atoms with Crippen molar-refractivity contribution >= 4 is 28.7 Å². The molecule has 1 aromatic rings. The van der Waals surface area contributed by atoms with E-state index in [-0.39, 0.29) is 17.9 Å². The topological polar surface area (TPSA) is 53.1 Å². The Morgan fingerprint density at radius 1 is 1.15 bits per heavy atom. The third kappa shape index (κ3) is 3.84. The van der Waals surface area contributed by atoms with E-state index in [4.69, 9.17) is 4.74 Å². The average molecular weight is 378 g/mol. The van der Waals surface area contributed by atoms with Crippen LogP contribution in [0.2, 0.25) is 0 Å². The van der Waals surface area contributed by atoms with E-state index in [2.05, 4.69) is 16.7 Å². The van der Waals surface area contributed by atoms with E-state index in [1.165, 1.54) is 16.2 Å². The van der Waals surface area contributed by atoms with Crippen molar-refractivity contribution in [2.24, 2.45) is 0 Å². The highest BCUT2D eigenvalue weighted by Gasteiger charge is 2.42. The largest absolute Gasteiger partial charge is 0.377 e. The van der Waals surface area contributed by atoms with Gasteiger partial charge in [0.1, 0.15) is 5.70 Å². The van der Waals surface area contributed by atoms with Crippen molar-refractivity contribution in [1.29, 1.82) is 0 Å². The summed E-state index contributed by atoms with van der Waals surface area (Å²) in [6.45, 7) is 11.1. The second-order valence-electron chi connectivity index (χ2n) is 6.80. The summed E-state index contributed by atoms with van der Waals surface area (Å²) in [5.74, 6) is -0.381. The Balaban J connectivity index is 1.84. The first-order valence-corrected chi connectivity index (χ1v) is 10.1. The minimum absolute atomic E-state index is 0.0779. The lowest BCUT2D eigenvalue weighted by Gasteiger charge is -2.35. The van der Waals surface area contributed by atoms with Crippen LogP contribution >= 0.6 is 11.3 Å². The van der Waals surface area contributed by atoms with Crippen LogP contribution in [0.25, 0.3) is 5.57 Å². The van der Waals surface area contributed by atoms with Gasteiger partial charge >= 0.3 is 0 Å². The number of carbonyl (C=O) groups excluding carboxylic acids is 2. The molecule has 1 saturated heterocycles. The highest BCUT2D eigenvalue weighted by molar-refractivity contribution is 7.11. The van der Waals surface area contributed by atoms with Gasteiger partial charge in [0.25, 0.3) is 11.8 Å². The summed E-state index contributed by atoms with van der Waals surface area (Å²) in [5.41, 5.74) is 1.12. The first kappa shape index (κ1) is 19.1. The number of hydrogen-bond donors (Lipinski definition) is 0. The van der Waals surface area contributed by atoms with E-state index in [0.29, 0.717) is 24.4 Å². The van der Waals surface area contributed by atoms with Crippen LogP contribution in [0.3, 0.4) is 0 Å². The summed E-state index contributed by atoms with van der Waals surface area (Å²) >= 11 is 1.50. The summed E-state index contributed by atoms with van der Waals surface area (Å²) < 4.78 is 5.55. The van der Waals surface area contributed by atoms with Crippen molar-refractivity contribution in [1.82, 2.24) is 14.7 Å². The van der Waals surface area contributed by atoms with Crippen molar-refractivity contribution in [3.63, 3.8) is 0 Å². The fraction of sp³-hybridized carbons (Fsp3) is 0.579. The predicted molar refractivity (Wildman–Crippen MR) is 103 cm³/mol. The standard InChI is InChI=1S/C19H27N3O3S/c1-4-20-7-9-21(10-8-20)17-16(15-6-5-13-26-15)18(23)22(19(17)24)11-12-25-14(2)3/h5-6,13-14H,4,7-12H2,1-3H3. The Labute approximate surface area is 159 Å². The number of nitrogens with zero attached hydrogens (tertiary/aromatic N) is 3. The van der Waals surface area contributed by atoms with Crippen LogP contribution in [-0.4, -0.2) is 78.5 Å². The van der Waals surface area contributed by atoms with Gasteiger partial charge < -0.3 is 14.5 Å². The maximum atomic E-state index is 13.1. The van der Waals surface area contributed by atoms with Crippen molar-refractivity contribution < 1.29 is 14.3 Å². The van der Waals surface area contributed by atoms with Gasteiger partial charge in [-0.05, 0) is 31.8 Å². The van der Waals surface area contributed by atoms with E-state index in [1.807, 2.05) is 31.4 Å². The molecule has 0 aliphatic carbocycles.